The van der Waals surface area contributed by atoms with E-state index in [9.17, 15) is 4.79 Å². The summed E-state index contributed by atoms with van der Waals surface area (Å²) in [6.45, 7) is 14.8. The zero-order chi connectivity index (χ0) is 19.7. The van der Waals surface area contributed by atoms with Gasteiger partial charge >= 0.3 is 0 Å². The lowest BCUT2D eigenvalue weighted by Crippen LogP contribution is -2.16. The number of aromatic nitrogens is 3. The van der Waals surface area contributed by atoms with Crippen molar-refractivity contribution in [2.45, 2.75) is 53.1 Å². The van der Waals surface area contributed by atoms with Crippen LogP contribution in [0.25, 0.3) is 10.2 Å². The van der Waals surface area contributed by atoms with Gasteiger partial charge in [-0.25, -0.2) is 0 Å². The van der Waals surface area contributed by atoms with Crippen LogP contribution in [0.15, 0.2) is 41.9 Å². The summed E-state index contributed by atoms with van der Waals surface area (Å²) in [6, 6.07) is 8.43. The van der Waals surface area contributed by atoms with Gasteiger partial charge in [-0.3, -0.25) is 9.48 Å². The quantitative estimate of drug-likeness (QED) is 0.593. The van der Waals surface area contributed by atoms with E-state index in [1.165, 1.54) is 16.9 Å². The highest BCUT2D eigenvalue weighted by atomic mass is 32.1. The molecule has 2 heterocycles. The van der Waals surface area contributed by atoms with Crippen molar-refractivity contribution in [3.8, 4) is 0 Å². The lowest BCUT2D eigenvalue weighted by atomic mass is 10.0. The zero-order valence-electron chi connectivity index (χ0n) is 16.6. The van der Waals surface area contributed by atoms with Crippen molar-refractivity contribution in [2.24, 2.45) is 4.99 Å². The summed E-state index contributed by atoms with van der Waals surface area (Å²) in [5.41, 5.74) is 3.69. The molecular weight excluding hydrogens is 356 g/mol. The molecule has 0 saturated carbocycles. The van der Waals surface area contributed by atoms with Crippen LogP contribution in [-0.2, 0) is 6.54 Å². The van der Waals surface area contributed by atoms with Crippen LogP contribution in [0.2, 0.25) is 0 Å². The van der Waals surface area contributed by atoms with Crippen molar-refractivity contribution >= 4 is 27.5 Å². The van der Waals surface area contributed by atoms with Crippen molar-refractivity contribution in [3.05, 3.63) is 58.7 Å². The number of amides is 1. The number of fused-ring (bicyclic) bond motifs is 1. The monoisotopic (exact) mass is 382 g/mol. The minimum atomic E-state index is -0.314. The zero-order valence-corrected chi connectivity index (χ0v) is 17.4. The molecule has 0 atom stereocenters. The summed E-state index contributed by atoms with van der Waals surface area (Å²) in [5, 5.41) is 4.42. The van der Waals surface area contributed by atoms with E-state index in [1.807, 2.05) is 36.1 Å². The number of allylic oxidation sites excluding steroid dienone is 1. The van der Waals surface area contributed by atoms with E-state index in [-0.39, 0.29) is 11.9 Å². The van der Waals surface area contributed by atoms with Crippen molar-refractivity contribution in [1.82, 2.24) is 14.3 Å². The summed E-state index contributed by atoms with van der Waals surface area (Å²) in [7, 11) is 0. The first-order valence-corrected chi connectivity index (χ1v) is 10.0. The van der Waals surface area contributed by atoms with Gasteiger partial charge < -0.3 is 4.57 Å². The second-order valence-corrected chi connectivity index (χ2v) is 8.30. The molecule has 0 N–H and O–H groups in total. The molecule has 27 heavy (non-hydrogen) atoms. The summed E-state index contributed by atoms with van der Waals surface area (Å²) >= 11 is 1.53. The molecule has 1 aromatic carbocycles. The third kappa shape index (κ3) is 3.81. The minimum Gasteiger partial charge on any atom is -0.312 e. The highest BCUT2D eigenvalue weighted by Crippen LogP contribution is 2.23. The van der Waals surface area contributed by atoms with Gasteiger partial charge in [-0.05, 0) is 50.5 Å². The summed E-state index contributed by atoms with van der Waals surface area (Å²) in [5.74, 6) is 0.139. The molecule has 0 aliphatic carbocycles. The highest BCUT2D eigenvalue weighted by molar-refractivity contribution is 7.16. The lowest BCUT2D eigenvalue weighted by molar-refractivity contribution is 0.0992. The van der Waals surface area contributed by atoms with Crippen molar-refractivity contribution < 1.29 is 4.79 Å². The predicted octanol–water partition coefficient (Wildman–Crippen LogP) is 4.84. The Morgan fingerprint density at radius 1 is 1.30 bits per heavy atom. The smallest absolute Gasteiger partial charge is 0.300 e. The average Bonchev–Trinajstić information content (AvgIpc) is 3.16. The molecule has 0 aliphatic heterocycles. The maximum Gasteiger partial charge on any atom is 0.300 e. The van der Waals surface area contributed by atoms with Crippen LogP contribution in [0.3, 0.4) is 0 Å². The second-order valence-electron chi connectivity index (χ2n) is 7.29. The summed E-state index contributed by atoms with van der Waals surface area (Å²) in [6.07, 6.45) is 1.82. The lowest BCUT2D eigenvalue weighted by Gasteiger charge is -2.06. The van der Waals surface area contributed by atoms with Gasteiger partial charge in [-0.2, -0.15) is 10.1 Å². The SMILES string of the molecule is C=CCn1c(=NC(=O)c2cc(C)n(C(C)C)n2)sc2cc(C(C)C)ccc21. The Balaban J connectivity index is 2.11. The van der Waals surface area contributed by atoms with Crippen molar-refractivity contribution in [3.63, 3.8) is 0 Å². The molecule has 6 heteroatoms. The Morgan fingerprint density at radius 2 is 2.04 bits per heavy atom. The fourth-order valence-corrected chi connectivity index (χ4v) is 4.19. The van der Waals surface area contributed by atoms with Gasteiger partial charge in [-0.1, -0.05) is 37.3 Å². The summed E-state index contributed by atoms with van der Waals surface area (Å²) < 4.78 is 5.00. The molecule has 0 spiro atoms. The van der Waals surface area contributed by atoms with Gasteiger partial charge in [0, 0.05) is 18.3 Å². The fourth-order valence-electron chi connectivity index (χ4n) is 3.10. The molecule has 0 unspecified atom stereocenters. The van der Waals surface area contributed by atoms with Gasteiger partial charge in [0.05, 0.1) is 10.2 Å². The molecule has 3 aromatic rings. The molecular formula is C21H26N4OS. The van der Waals surface area contributed by atoms with Crippen LogP contribution in [0.1, 0.15) is 61.4 Å². The van der Waals surface area contributed by atoms with E-state index in [1.54, 1.807) is 6.07 Å². The van der Waals surface area contributed by atoms with Crippen LogP contribution in [-0.4, -0.2) is 20.3 Å². The van der Waals surface area contributed by atoms with Gasteiger partial charge in [0.2, 0.25) is 0 Å². The fraction of sp³-hybridized carbons (Fsp3) is 0.381. The first-order valence-electron chi connectivity index (χ1n) is 9.21. The Hall–Kier alpha value is -2.47. The normalized spacial score (nSPS) is 12.5. The average molecular weight is 383 g/mol. The number of thiazole rings is 1. The third-order valence-corrected chi connectivity index (χ3v) is 5.55. The molecule has 1 amide bonds. The van der Waals surface area contributed by atoms with Gasteiger partial charge in [0.15, 0.2) is 10.5 Å². The number of carbonyl (C=O) groups excluding carboxylic acids is 1. The molecule has 0 saturated heterocycles. The number of nitrogens with zero attached hydrogens (tertiary/aromatic N) is 4. The number of hydrogen-bond acceptors (Lipinski definition) is 3. The third-order valence-electron chi connectivity index (χ3n) is 4.51. The maximum atomic E-state index is 12.7. The van der Waals surface area contributed by atoms with E-state index < -0.39 is 0 Å². The van der Waals surface area contributed by atoms with E-state index in [4.69, 9.17) is 0 Å². The van der Waals surface area contributed by atoms with Gasteiger partial charge in [0.25, 0.3) is 5.91 Å². The van der Waals surface area contributed by atoms with Crippen LogP contribution in [0.4, 0.5) is 0 Å². The largest absolute Gasteiger partial charge is 0.312 e. The van der Waals surface area contributed by atoms with E-state index >= 15 is 0 Å². The number of rotatable bonds is 5. The molecule has 0 aliphatic rings. The highest BCUT2D eigenvalue weighted by Gasteiger charge is 2.15. The Morgan fingerprint density at radius 3 is 2.63 bits per heavy atom. The Labute approximate surface area is 163 Å². The van der Waals surface area contributed by atoms with Crippen LogP contribution in [0, 0.1) is 6.92 Å². The Kier molecular flexibility index (Phi) is 5.46. The van der Waals surface area contributed by atoms with E-state index in [2.05, 4.69) is 48.7 Å². The van der Waals surface area contributed by atoms with E-state index in [0.29, 0.717) is 23.0 Å². The number of benzene rings is 1. The topological polar surface area (TPSA) is 52.2 Å². The van der Waals surface area contributed by atoms with Crippen molar-refractivity contribution in [1.29, 1.82) is 0 Å². The first kappa shape index (κ1) is 19.3. The molecule has 2 aromatic heterocycles. The molecule has 5 nitrogen and oxygen atoms in total. The minimum absolute atomic E-state index is 0.205. The van der Waals surface area contributed by atoms with Crippen molar-refractivity contribution in [2.75, 3.05) is 0 Å². The molecule has 0 fully saturated rings. The second kappa shape index (κ2) is 7.64. The van der Waals surface area contributed by atoms with Crippen LogP contribution in [0.5, 0.6) is 0 Å². The molecule has 142 valence electrons. The predicted molar refractivity (Wildman–Crippen MR) is 111 cm³/mol. The standard InChI is InChI=1S/C21H26N4OS/c1-7-10-24-18-9-8-16(13(2)3)12-19(18)27-21(24)22-20(26)17-11-15(6)25(23-17)14(4)5/h7-9,11-14H,1,10H2,2-6H3. The summed E-state index contributed by atoms with van der Waals surface area (Å²) in [4.78, 5) is 17.8. The van der Waals surface area contributed by atoms with Crippen LogP contribution < -0.4 is 4.80 Å². The van der Waals surface area contributed by atoms with Gasteiger partial charge in [0.1, 0.15) is 0 Å². The number of aryl methyl sites for hydroxylation is 1. The number of carbonyl (C=O) groups is 1. The molecule has 0 bridgehead atoms. The first-order chi connectivity index (χ1) is 12.8. The Bertz CT molecular complexity index is 1070. The van der Waals surface area contributed by atoms with Crippen LogP contribution >= 0.6 is 11.3 Å². The van der Waals surface area contributed by atoms with E-state index in [0.717, 1.165) is 15.9 Å². The molecule has 3 rings (SSSR count). The number of hydrogen-bond donors (Lipinski definition) is 0. The maximum absolute atomic E-state index is 12.7. The molecule has 0 radical (unpaired) electrons. The van der Waals surface area contributed by atoms with Gasteiger partial charge in [-0.15, -0.1) is 6.58 Å².